The van der Waals surface area contributed by atoms with Crippen molar-refractivity contribution in [1.29, 1.82) is 0 Å². The topological polar surface area (TPSA) is 45.1 Å². The zero-order valence-electron chi connectivity index (χ0n) is 16.4. The SMILES string of the molecule is COc1ccc(N(C(C)=O)C2CSC(=NC3CCCCCC3)N2C)cc1.Cl. The van der Waals surface area contributed by atoms with Gasteiger partial charge in [0.25, 0.3) is 0 Å². The van der Waals surface area contributed by atoms with E-state index < -0.39 is 0 Å². The second-order valence-corrected chi connectivity index (χ2v) is 8.03. The molecule has 1 unspecified atom stereocenters. The number of carbonyl (C=O) groups excluding carboxylic acids is 1. The number of amidine groups is 1. The van der Waals surface area contributed by atoms with Crippen LogP contribution in [0.15, 0.2) is 29.3 Å². The van der Waals surface area contributed by atoms with Gasteiger partial charge in [-0.2, -0.15) is 0 Å². The van der Waals surface area contributed by atoms with Crippen LogP contribution in [-0.2, 0) is 4.79 Å². The molecule has 2 aliphatic rings. The van der Waals surface area contributed by atoms with E-state index in [1.165, 1.54) is 38.5 Å². The zero-order valence-corrected chi connectivity index (χ0v) is 18.0. The van der Waals surface area contributed by atoms with Gasteiger partial charge in [-0.25, -0.2) is 0 Å². The Bertz CT molecular complexity index is 645. The number of aliphatic imine (C=N–C) groups is 1. The molecule has 27 heavy (non-hydrogen) atoms. The molecule has 2 fully saturated rings. The second kappa shape index (κ2) is 10.2. The Morgan fingerprint density at radius 3 is 2.37 bits per heavy atom. The fourth-order valence-electron chi connectivity index (χ4n) is 3.72. The largest absolute Gasteiger partial charge is 0.497 e. The number of anilines is 1. The minimum absolute atomic E-state index is 0. The van der Waals surface area contributed by atoms with E-state index in [0.29, 0.717) is 6.04 Å². The van der Waals surface area contributed by atoms with Crippen LogP contribution in [0.25, 0.3) is 0 Å². The first-order chi connectivity index (χ1) is 12.6. The van der Waals surface area contributed by atoms with E-state index >= 15 is 0 Å². The summed E-state index contributed by atoms with van der Waals surface area (Å²) >= 11 is 1.76. The number of carbonyl (C=O) groups is 1. The van der Waals surface area contributed by atoms with E-state index in [0.717, 1.165) is 22.4 Å². The maximum Gasteiger partial charge on any atom is 0.225 e. The third-order valence-electron chi connectivity index (χ3n) is 5.22. The number of hydrogen-bond donors (Lipinski definition) is 0. The highest BCUT2D eigenvalue weighted by Gasteiger charge is 2.34. The maximum atomic E-state index is 12.4. The fourth-order valence-corrected chi connectivity index (χ4v) is 4.94. The van der Waals surface area contributed by atoms with Crippen LogP contribution in [-0.4, -0.2) is 48.1 Å². The molecular formula is C20H30ClN3O2S. The molecule has 150 valence electrons. The van der Waals surface area contributed by atoms with E-state index in [-0.39, 0.29) is 24.5 Å². The molecule has 3 rings (SSSR count). The van der Waals surface area contributed by atoms with Crippen molar-refractivity contribution in [3.05, 3.63) is 24.3 Å². The third kappa shape index (κ3) is 5.32. The van der Waals surface area contributed by atoms with Crippen LogP contribution in [0, 0.1) is 0 Å². The Hall–Kier alpha value is -1.40. The van der Waals surface area contributed by atoms with Crippen LogP contribution in [0.1, 0.15) is 45.4 Å². The summed E-state index contributed by atoms with van der Waals surface area (Å²) in [7, 11) is 3.70. The summed E-state index contributed by atoms with van der Waals surface area (Å²) in [5.41, 5.74) is 0.895. The highest BCUT2D eigenvalue weighted by Crippen LogP contribution is 2.31. The summed E-state index contributed by atoms with van der Waals surface area (Å²) in [5.74, 6) is 1.68. The summed E-state index contributed by atoms with van der Waals surface area (Å²) in [6, 6.07) is 8.12. The minimum atomic E-state index is -0.00424. The van der Waals surface area contributed by atoms with Gasteiger partial charge < -0.3 is 9.64 Å². The van der Waals surface area contributed by atoms with Crippen LogP contribution in [0.2, 0.25) is 0 Å². The molecule has 0 spiro atoms. The molecule has 1 heterocycles. The lowest BCUT2D eigenvalue weighted by Gasteiger charge is -2.33. The number of amides is 1. The first kappa shape index (κ1) is 21.9. The molecule has 0 radical (unpaired) electrons. The first-order valence-electron chi connectivity index (χ1n) is 9.47. The third-order valence-corrected chi connectivity index (χ3v) is 6.33. The average molecular weight is 412 g/mol. The van der Waals surface area contributed by atoms with Crippen molar-refractivity contribution in [3.63, 3.8) is 0 Å². The molecule has 5 nitrogen and oxygen atoms in total. The summed E-state index contributed by atoms with van der Waals surface area (Å²) in [4.78, 5) is 21.5. The Kier molecular flexibility index (Phi) is 8.29. The summed E-state index contributed by atoms with van der Waals surface area (Å²) in [6.45, 7) is 1.63. The first-order valence-corrected chi connectivity index (χ1v) is 10.5. The maximum absolute atomic E-state index is 12.4. The van der Waals surface area contributed by atoms with E-state index in [1.807, 2.05) is 29.2 Å². The lowest BCUT2D eigenvalue weighted by Crippen LogP contribution is -2.48. The molecule has 1 aliphatic heterocycles. The molecule has 1 saturated carbocycles. The number of benzene rings is 1. The molecule has 0 bridgehead atoms. The number of methoxy groups -OCH3 is 1. The Labute approximate surface area is 172 Å². The molecule has 1 atom stereocenters. The summed E-state index contributed by atoms with van der Waals surface area (Å²) in [5, 5.41) is 1.07. The minimum Gasteiger partial charge on any atom is -0.497 e. The van der Waals surface area contributed by atoms with Crippen molar-refractivity contribution in [1.82, 2.24) is 4.90 Å². The van der Waals surface area contributed by atoms with Crippen LogP contribution >= 0.6 is 24.2 Å². The van der Waals surface area contributed by atoms with Gasteiger partial charge >= 0.3 is 0 Å². The Morgan fingerprint density at radius 1 is 1.19 bits per heavy atom. The number of hydrogen-bond acceptors (Lipinski definition) is 4. The standard InChI is InChI=1S/C20H29N3O2S.ClH/c1-15(24)23(17-10-12-18(25-3)13-11-17)19-14-26-20(22(19)2)21-16-8-6-4-5-7-9-16;/h10-13,16,19H,4-9,14H2,1-3H3;1H. The van der Waals surface area contributed by atoms with Crippen LogP contribution < -0.4 is 9.64 Å². The van der Waals surface area contributed by atoms with Gasteiger partial charge in [0.1, 0.15) is 11.9 Å². The molecule has 0 aromatic heterocycles. The van der Waals surface area contributed by atoms with Gasteiger partial charge in [0, 0.05) is 25.4 Å². The smallest absolute Gasteiger partial charge is 0.225 e. The predicted octanol–water partition coefficient (Wildman–Crippen LogP) is 4.55. The highest BCUT2D eigenvalue weighted by atomic mass is 35.5. The number of thioether (sulfide) groups is 1. The van der Waals surface area contributed by atoms with Crippen molar-refractivity contribution in [2.45, 2.75) is 57.7 Å². The normalized spacial score (nSPS) is 22.3. The monoisotopic (exact) mass is 411 g/mol. The van der Waals surface area contributed by atoms with Crippen LogP contribution in [0.4, 0.5) is 5.69 Å². The average Bonchev–Trinajstić information content (AvgIpc) is 2.85. The number of rotatable bonds is 4. The molecule has 1 aromatic carbocycles. The summed E-state index contributed by atoms with van der Waals surface area (Å²) in [6.07, 6.45) is 7.62. The van der Waals surface area contributed by atoms with Crippen molar-refractivity contribution in [2.75, 3.05) is 24.8 Å². The Balaban J connectivity index is 0.00000261. The number of halogens is 1. The molecule has 1 aromatic rings. The highest BCUT2D eigenvalue weighted by molar-refractivity contribution is 8.14. The van der Waals surface area contributed by atoms with E-state index in [9.17, 15) is 4.79 Å². The van der Waals surface area contributed by atoms with E-state index in [1.54, 1.807) is 25.8 Å². The molecular weight excluding hydrogens is 382 g/mol. The molecule has 1 amide bonds. The number of ether oxygens (including phenoxy) is 1. The van der Waals surface area contributed by atoms with Crippen molar-refractivity contribution < 1.29 is 9.53 Å². The zero-order chi connectivity index (χ0) is 18.5. The van der Waals surface area contributed by atoms with Gasteiger partial charge in [-0.05, 0) is 37.1 Å². The van der Waals surface area contributed by atoms with Gasteiger partial charge in [0.2, 0.25) is 5.91 Å². The van der Waals surface area contributed by atoms with Gasteiger partial charge in [-0.15, -0.1) is 12.4 Å². The summed E-state index contributed by atoms with van der Waals surface area (Å²) < 4.78 is 5.23. The van der Waals surface area contributed by atoms with Crippen molar-refractivity contribution in [2.24, 2.45) is 4.99 Å². The van der Waals surface area contributed by atoms with Crippen molar-refractivity contribution in [3.8, 4) is 5.75 Å². The van der Waals surface area contributed by atoms with E-state index in [2.05, 4.69) is 11.9 Å². The van der Waals surface area contributed by atoms with Gasteiger partial charge in [-0.1, -0.05) is 37.4 Å². The van der Waals surface area contributed by atoms with Gasteiger partial charge in [-0.3, -0.25) is 14.7 Å². The quantitative estimate of drug-likeness (QED) is 0.681. The molecule has 0 N–H and O–H groups in total. The van der Waals surface area contributed by atoms with Gasteiger partial charge in [0.15, 0.2) is 5.17 Å². The van der Waals surface area contributed by atoms with Crippen molar-refractivity contribution >= 4 is 40.9 Å². The van der Waals surface area contributed by atoms with Gasteiger partial charge in [0.05, 0.1) is 13.2 Å². The van der Waals surface area contributed by atoms with E-state index in [4.69, 9.17) is 9.73 Å². The molecule has 1 aliphatic carbocycles. The second-order valence-electron chi connectivity index (χ2n) is 7.05. The van der Waals surface area contributed by atoms with Crippen LogP contribution in [0.3, 0.4) is 0 Å². The number of nitrogens with zero attached hydrogens (tertiary/aromatic N) is 3. The van der Waals surface area contributed by atoms with Crippen LogP contribution in [0.5, 0.6) is 5.75 Å². The lowest BCUT2D eigenvalue weighted by molar-refractivity contribution is -0.117. The lowest BCUT2D eigenvalue weighted by atomic mass is 10.1. The molecule has 1 saturated heterocycles. The Morgan fingerprint density at radius 2 is 1.81 bits per heavy atom. The fraction of sp³-hybridized carbons (Fsp3) is 0.600. The predicted molar refractivity (Wildman–Crippen MR) is 116 cm³/mol. The molecule has 7 heteroatoms.